The maximum atomic E-state index is 12.4. The number of carbonyl (C=O) groups excluding carboxylic acids is 1. The van der Waals surface area contributed by atoms with Crippen molar-refractivity contribution in [2.75, 3.05) is 5.32 Å². The normalized spacial score (nSPS) is 10.8. The van der Waals surface area contributed by atoms with Crippen LogP contribution < -0.4 is 5.32 Å². The molecule has 1 N–H and O–H groups in total. The van der Waals surface area contributed by atoms with Gasteiger partial charge >= 0.3 is 0 Å². The molecule has 0 aliphatic carbocycles. The first-order chi connectivity index (χ1) is 11.3. The third-order valence-corrected chi connectivity index (χ3v) is 3.79. The van der Waals surface area contributed by atoms with Gasteiger partial charge in [0.15, 0.2) is 5.69 Å². The molecule has 0 unspecified atom stereocenters. The lowest BCUT2D eigenvalue weighted by atomic mass is 10.2. The van der Waals surface area contributed by atoms with Gasteiger partial charge in [-0.05, 0) is 24.3 Å². The van der Waals surface area contributed by atoms with Gasteiger partial charge in [0.25, 0.3) is 5.91 Å². The van der Waals surface area contributed by atoms with Crippen LogP contribution in [0, 0.1) is 0 Å². The van der Waals surface area contributed by atoms with Gasteiger partial charge in [-0.15, -0.1) is 5.10 Å². The van der Waals surface area contributed by atoms with E-state index < -0.39 is 0 Å². The molecule has 8 heteroatoms. The fourth-order valence-electron chi connectivity index (χ4n) is 2.15. The van der Waals surface area contributed by atoms with E-state index in [9.17, 15) is 4.79 Å². The summed E-state index contributed by atoms with van der Waals surface area (Å²) in [7, 11) is 0. The Balaban J connectivity index is 1.60. The first-order valence-corrected chi connectivity index (χ1v) is 7.55. The molecule has 4 aromatic rings. The number of aromatic nitrogens is 5. The number of nitrogens with zero attached hydrogens (tertiary/aromatic N) is 5. The Morgan fingerprint density at radius 1 is 1.04 bits per heavy atom. The van der Waals surface area contributed by atoms with Gasteiger partial charge < -0.3 is 5.32 Å². The molecular formula is C15H10N6OS. The third-order valence-electron chi connectivity index (χ3n) is 3.25. The predicted octanol–water partition coefficient (Wildman–Crippen LogP) is 2.52. The Morgan fingerprint density at radius 3 is 2.78 bits per heavy atom. The van der Waals surface area contributed by atoms with E-state index in [2.05, 4.69) is 24.3 Å². The molecule has 0 radical (unpaired) electrons. The fraction of sp³-hybridized carbons (Fsp3) is 0. The van der Waals surface area contributed by atoms with Gasteiger partial charge in [-0.1, -0.05) is 24.3 Å². The molecule has 112 valence electrons. The highest BCUT2D eigenvalue weighted by molar-refractivity contribution is 7.00. The van der Waals surface area contributed by atoms with Crippen LogP contribution in [-0.4, -0.2) is 29.6 Å². The molecule has 0 saturated carbocycles. The number of hydrogen-bond donors (Lipinski definition) is 1. The second-order valence-electron chi connectivity index (χ2n) is 4.75. The molecule has 0 fully saturated rings. The quantitative estimate of drug-likeness (QED) is 0.626. The molecule has 0 atom stereocenters. The van der Waals surface area contributed by atoms with E-state index in [4.69, 9.17) is 0 Å². The molecule has 1 amide bonds. The molecule has 4 rings (SSSR count). The molecule has 0 spiro atoms. The summed E-state index contributed by atoms with van der Waals surface area (Å²) in [4.78, 5) is 13.8. The van der Waals surface area contributed by atoms with Crippen molar-refractivity contribution in [1.29, 1.82) is 0 Å². The number of amides is 1. The summed E-state index contributed by atoms with van der Waals surface area (Å²) in [5.41, 5.74) is 3.05. The van der Waals surface area contributed by atoms with Gasteiger partial charge in [0.05, 0.1) is 29.3 Å². The number of benzene rings is 2. The molecule has 2 aromatic heterocycles. The summed E-state index contributed by atoms with van der Waals surface area (Å²) >= 11 is 1.11. The predicted molar refractivity (Wildman–Crippen MR) is 86.7 cm³/mol. The Morgan fingerprint density at radius 2 is 1.91 bits per heavy atom. The van der Waals surface area contributed by atoms with Gasteiger partial charge in [-0.2, -0.15) is 18.6 Å². The largest absolute Gasteiger partial charge is 0.319 e. The molecule has 23 heavy (non-hydrogen) atoms. The minimum atomic E-state index is -0.340. The van der Waals surface area contributed by atoms with Crippen molar-refractivity contribution in [2.24, 2.45) is 0 Å². The van der Waals surface area contributed by atoms with Crippen LogP contribution in [0.4, 0.5) is 5.69 Å². The lowest BCUT2D eigenvalue weighted by Crippen LogP contribution is -2.13. The lowest BCUT2D eigenvalue weighted by Gasteiger charge is -2.03. The Kier molecular flexibility index (Phi) is 3.28. The summed E-state index contributed by atoms with van der Waals surface area (Å²) in [6.07, 6.45) is 1.43. The number of nitrogens with one attached hydrogen (secondary N) is 1. The summed E-state index contributed by atoms with van der Waals surface area (Å²) in [6, 6.07) is 14.8. The van der Waals surface area contributed by atoms with Crippen LogP contribution in [0.5, 0.6) is 0 Å². The maximum Gasteiger partial charge on any atom is 0.277 e. The number of anilines is 1. The van der Waals surface area contributed by atoms with Gasteiger partial charge in [-0.25, -0.2) is 0 Å². The van der Waals surface area contributed by atoms with Crippen molar-refractivity contribution in [3.63, 3.8) is 0 Å². The highest BCUT2D eigenvalue weighted by atomic mass is 32.1. The summed E-state index contributed by atoms with van der Waals surface area (Å²) < 4.78 is 8.34. The maximum absolute atomic E-state index is 12.4. The van der Waals surface area contributed by atoms with E-state index in [-0.39, 0.29) is 11.6 Å². The molecule has 0 aliphatic rings. The molecule has 0 saturated heterocycles. The van der Waals surface area contributed by atoms with E-state index in [0.717, 1.165) is 22.9 Å². The molecule has 0 bridgehead atoms. The van der Waals surface area contributed by atoms with E-state index in [1.807, 2.05) is 42.5 Å². The molecule has 2 aromatic carbocycles. The Labute approximate surface area is 134 Å². The van der Waals surface area contributed by atoms with Crippen molar-refractivity contribution in [1.82, 2.24) is 23.7 Å². The van der Waals surface area contributed by atoms with Crippen molar-refractivity contribution in [3.8, 4) is 5.69 Å². The minimum Gasteiger partial charge on any atom is -0.319 e. The van der Waals surface area contributed by atoms with Crippen LogP contribution in [0.15, 0.2) is 54.7 Å². The third kappa shape index (κ3) is 2.55. The Hall–Kier alpha value is -3.13. The zero-order valence-electron chi connectivity index (χ0n) is 11.7. The number of para-hydroxylation sites is 1. The van der Waals surface area contributed by atoms with Crippen molar-refractivity contribution < 1.29 is 4.79 Å². The number of carbonyl (C=O) groups is 1. The standard InChI is InChI=1S/C15H10N6OS/c22-15(17-11-7-4-8-12-14(11)20-23-19-12)13-9-16-21(18-13)10-5-2-1-3-6-10/h1-9H,(H,17,22). The molecule has 0 aliphatic heterocycles. The van der Waals surface area contributed by atoms with Crippen molar-refractivity contribution in [3.05, 3.63) is 60.4 Å². The van der Waals surface area contributed by atoms with E-state index in [1.54, 1.807) is 6.07 Å². The monoisotopic (exact) mass is 322 g/mol. The molecular weight excluding hydrogens is 312 g/mol. The van der Waals surface area contributed by atoms with Crippen molar-refractivity contribution >= 4 is 34.4 Å². The van der Waals surface area contributed by atoms with Crippen molar-refractivity contribution in [2.45, 2.75) is 0 Å². The topological polar surface area (TPSA) is 85.6 Å². The van der Waals surface area contributed by atoms with E-state index in [0.29, 0.717) is 11.2 Å². The summed E-state index contributed by atoms with van der Waals surface area (Å²) in [5, 5.41) is 11.1. The van der Waals surface area contributed by atoms with Gasteiger partial charge in [0.1, 0.15) is 11.0 Å². The van der Waals surface area contributed by atoms with Crippen LogP contribution in [0.25, 0.3) is 16.7 Å². The Bertz CT molecular complexity index is 978. The number of fused-ring (bicyclic) bond motifs is 1. The van der Waals surface area contributed by atoms with Crippen LogP contribution in [0.1, 0.15) is 10.5 Å². The van der Waals surface area contributed by atoms with E-state index in [1.165, 1.54) is 11.0 Å². The SMILES string of the molecule is O=C(Nc1cccc2nsnc12)c1cnn(-c2ccccc2)n1. The minimum absolute atomic E-state index is 0.231. The average Bonchev–Trinajstić information content (AvgIpc) is 3.25. The molecule has 2 heterocycles. The van der Waals surface area contributed by atoms with E-state index >= 15 is 0 Å². The van der Waals surface area contributed by atoms with Gasteiger partial charge in [0.2, 0.25) is 0 Å². The smallest absolute Gasteiger partial charge is 0.277 e. The number of hydrogen-bond acceptors (Lipinski definition) is 6. The van der Waals surface area contributed by atoms with Crippen LogP contribution in [0.3, 0.4) is 0 Å². The highest BCUT2D eigenvalue weighted by Gasteiger charge is 2.14. The first-order valence-electron chi connectivity index (χ1n) is 6.82. The van der Waals surface area contributed by atoms with Gasteiger partial charge in [-0.3, -0.25) is 4.79 Å². The second kappa shape index (κ2) is 5.58. The fourth-order valence-corrected chi connectivity index (χ4v) is 2.70. The summed E-state index contributed by atoms with van der Waals surface area (Å²) in [6.45, 7) is 0. The highest BCUT2D eigenvalue weighted by Crippen LogP contribution is 2.21. The summed E-state index contributed by atoms with van der Waals surface area (Å²) in [5.74, 6) is -0.340. The zero-order valence-corrected chi connectivity index (χ0v) is 12.6. The first kappa shape index (κ1) is 13.5. The number of rotatable bonds is 3. The van der Waals surface area contributed by atoms with Crippen LogP contribution in [-0.2, 0) is 0 Å². The second-order valence-corrected chi connectivity index (χ2v) is 5.27. The zero-order chi connectivity index (χ0) is 15.6. The average molecular weight is 322 g/mol. The van der Waals surface area contributed by atoms with Gasteiger partial charge in [0, 0.05) is 0 Å². The van der Waals surface area contributed by atoms with Crippen LogP contribution in [0.2, 0.25) is 0 Å². The lowest BCUT2D eigenvalue weighted by molar-refractivity contribution is 0.102. The van der Waals surface area contributed by atoms with Crippen LogP contribution >= 0.6 is 11.7 Å². The molecule has 7 nitrogen and oxygen atoms in total.